The molecule has 0 spiro atoms. The topological polar surface area (TPSA) is 38.9 Å². The van der Waals surface area contributed by atoms with E-state index in [1.165, 1.54) is 17.4 Å². The summed E-state index contributed by atoms with van der Waals surface area (Å²) in [4.78, 5) is 4.91. The number of halogens is 1. The van der Waals surface area contributed by atoms with E-state index in [0.717, 1.165) is 10.4 Å². The van der Waals surface area contributed by atoms with Crippen LogP contribution in [0.15, 0.2) is 24.4 Å². The molecular formula is C10H9FN2S. The van der Waals surface area contributed by atoms with Crippen LogP contribution in [0.2, 0.25) is 0 Å². The van der Waals surface area contributed by atoms with Crippen molar-refractivity contribution in [3.8, 4) is 10.4 Å². The number of benzene rings is 1. The number of rotatable bonds is 1. The third kappa shape index (κ3) is 1.61. The van der Waals surface area contributed by atoms with Crippen LogP contribution in [0.1, 0.15) is 5.56 Å². The third-order valence-corrected chi connectivity index (χ3v) is 2.84. The molecule has 14 heavy (non-hydrogen) atoms. The second kappa shape index (κ2) is 3.38. The fourth-order valence-corrected chi connectivity index (χ4v) is 1.90. The van der Waals surface area contributed by atoms with Crippen molar-refractivity contribution in [2.75, 3.05) is 5.73 Å². The first kappa shape index (κ1) is 9.15. The van der Waals surface area contributed by atoms with Gasteiger partial charge in [-0.25, -0.2) is 9.37 Å². The molecule has 0 aliphatic carbocycles. The maximum absolute atomic E-state index is 13.0. The number of nitrogen functional groups attached to an aromatic ring is 1. The molecule has 0 aliphatic heterocycles. The average molecular weight is 208 g/mol. The van der Waals surface area contributed by atoms with Crippen molar-refractivity contribution in [2.24, 2.45) is 0 Å². The summed E-state index contributed by atoms with van der Waals surface area (Å²) in [6.07, 6.45) is 1.70. The van der Waals surface area contributed by atoms with Gasteiger partial charge >= 0.3 is 0 Å². The molecule has 0 radical (unpaired) electrons. The zero-order chi connectivity index (χ0) is 10.1. The zero-order valence-corrected chi connectivity index (χ0v) is 8.44. The largest absolute Gasteiger partial charge is 0.375 e. The number of nitrogens with zero attached hydrogens (tertiary/aromatic N) is 1. The lowest BCUT2D eigenvalue weighted by Crippen LogP contribution is -1.82. The molecule has 2 aromatic rings. The number of hydrogen-bond donors (Lipinski definition) is 1. The second-order valence-electron chi connectivity index (χ2n) is 3.03. The standard InChI is InChI=1S/C10H9FN2S/c1-6-4-7(2-3-8(6)11)9-5-13-10(12)14-9/h2-5H,1H3,(H2,12,13). The minimum atomic E-state index is -0.189. The number of anilines is 1. The van der Waals surface area contributed by atoms with E-state index >= 15 is 0 Å². The summed E-state index contributed by atoms with van der Waals surface area (Å²) in [6.45, 7) is 1.74. The summed E-state index contributed by atoms with van der Waals surface area (Å²) in [7, 11) is 0. The van der Waals surface area contributed by atoms with Crippen LogP contribution in [0.3, 0.4) is 0 Å². The first-order valence-electron chi connectivity index (χ1n) is 4.14. The first-order chi connectivity index (χ1) is 6.66. The molecule has 0 bridgehead atoms. The Hall–Kier alpha value is -1.42. The van der Waals surface area contributed by atoms with Gasteiger partial charge in [-0.2, -0.15) is 0 Å². The first-order valence-corrected chi connectivity index (χ1v) is 4.96. The Morgan fingerprint density at radius 1 is 1.43 bits per heavy atom. The molecule has 0 amide bonds. The van der Waals surface area contributed by atoms with Crippen LogP contribution in [-0.2, 0) is 0 Å². The van der Waals surface area contributed by atoms with Crippen molar-refractivity contribution < 1.29 is 4.39 Å². The zero-order valence-electron chi connectivity index (χ0n) is 7.62. The summed E-state index contributed by atoms with van der Waals surface area (Å²) in [6, 6.07) is 4.98. The van der Waals surface area contributed by atoms with E-state index in [1.807, 2.05) is 0 Å². The molecule has 72 valence electrons. The summed E-state index contributed by atoms with van der Waals surface area (Å²) < 4.78 is 13.0. The van der Waals surface area contributed by atoms with Gasteiger partial charge in [0.25, 0.3) is 0 Å². The highest BCUT2D eigenvalue weighted by atomic mass is 32.1. The predicted octanol–water partition coefficient (Wildman–Crippen LogP) is 2.84. The number of aryl methyl sites for hydroxylation is 1. The predicted molar refractivity (Wildman–Crippen MR) is 56.7 cm³/mol. The molecule has 1 aromatic heterocycles. The van der Waals surface area contributed by atoms with Crippen LogP contribution in [-0.4, -0.2) is 4.98 Å². The van der Waals surface area contributed by atoms with Crippen molar-refractivity contribution in [3.63, 3.8) is 0 Å². The highest BCUT2D eigenvalue weighted by Crippen LogP contribution is 2.28. The van der Waals surface area contributed by atoms with Gasteiger partial charge < -0.3 is 5.73 Å². The molecule has 0 unspecified atom stereocenters. The lowest BCUT2D eigenvalue weighted by molar-refractivity contribution is 0.619. The molecule has 2 N–H and O–H groups in total. The second-order valence-corrected chi connectivity index (χ2v) is 4.09. The number of thiazole rings is 1. The Balaban J connectivity index is 2.47. The van der Waals surface area contributed by atoms with Gasteiger partial charge in [-0.15, -0.1) is 0 Å². The van der Waals surface area contributed by atoms with Crippen molar-refractivity contribution in [1.29, 1.82) is 0 Å². The highest BCUT2D eigenvalue weighted by molar-refractivity contribution is 7.18. The molecule has 0 aliphatic rings. The number of hydrogen-bond acceptors (Lipinski definition) is 3. The number of nitrogens with two attached hydrogens (primary N) is 1. The minimum Gasteiger partial charge on any atom is -0.375 e. The summed E-state index contributed by atoms with van der Waals surface area (Å²) >= 11 is 1.40. The van der Waals surface area contributed by atoms with Crippen molar-refractivity contribution in [1.82, 2.24) is 4.98 Å². The Morgan fingerprint density at radius 2 is 2.21 bits per heavy atom. The maximum Gasteiger partial charge on any atom is 0.180 e. The monoisotopic (exact) mass is 208 g/mol. The van der Waals surface area contributed by atoms with Gasteiger partial charge in [-0.05, 0) is 30.2 Å². The SMILES string of the molecule is Cc1cc(-c2cnc(N)s2)ccc1F. The van der Waals surface area contributed by atoms with E-state index < -0.39 is 0 Å². The van der Waals surface area contributed by atoms with E-state index in [0.29, 0.717) is 10.7 Å². The molecular weight excluding hydrogens is 199 g/mol. The molecule has 4 heteroatoms. The van der Waals surface area contributed by atoms with Crippen molar-refractivity contribution >= 4 is 16.5 Å². The van der Waals surface area contributed by atoms with Crippen LogP contribution in [0.4, 0.5) is 9.52 Å². The van der Waals surface area contributed by atoms with Crippen LogP contribution >= 0.6 is 11.3 Å². The van der Waals surface area contributed by atoms with Crippen LogP contribution in [0.25, 0.3) is 10.4 Å². The Bertz CT molecular complexity index is 465. The van der Waals surface area contributed by atoms with E-state index in [-0.39, 0.29) is 5.82 Å². The van der Waals surface area contributed by atoms with Gasteiger partial charge in [0, 0.05) is 6.20 Å². The summed E-state index contributed by atoms with van der Waals surface area (Å²) in [5, 5.41) is 0.530. The normalized spacial score (nSPS) is 10.4. The molecule has 2 rings (SSSR count). The van der Waals surface area contributed by atoms with Crippen LogP contribution in [0, 0.1) is 12.7 Å². The van der Waals surface area contributed by atoms with Crippen LogP contribution < -0.4 is 5.73 Å². The summed E-state index contributed by atoms with van der Waals surface area (Å²) in [5.41, 5.74) is 7.11. The minimum absolute atomic E-state index is 0.189. The molecule has 1 aromatic carbocycles. The molecule has 2 nitrogen and oxygen atoms in total. The van der Waals surface area contributed by atoms with Crippen molar-refractivity contribution in [2.45, 2.75) is 6.92 Å². The highest BCUT2D eigenvalue weighted by Gasteiger charge is 2.04. The Labute approximate surface area is 85.2 Å². The summed E-state index contributed by atoms with van der Waals surface area (Å²) in [5.74, 6) is -0.189. The molecule has 0 saturated carbocycles. The lowest BCUT2D eigenvalue weighted by atomic mass is 10.1. The lowest BCUT2D eigenvalue weighted by Gasteiger charge is -1.99. The van der Waals surface area contributed by atoms with Gasteiger partial charge in [-0.3, -0.25) is 0 Å². The van der Waals surface area contributed by atoms with Gasteiger partial charge in [0.2, 0.25) is 0 Å². The fraction of sp³-hybridized carbons (Fsp3) is 0.100. The van der Waals surface area contributed by atoms with Gasteiger partial charge in [-0.1, -0.05) is 17.4 Å². The molecule has 0 fully saturated rings. The molecule has 0 saturated heterocycles. The van der Waals surface area contributed by atoms with Gasteiger partial charge in [0.1, 0.15) is 5.82 Å². The van der Waals surface area contributed by atoms with E-state index in [1.54, 1.807) is 25.3 Å². The van der Waals surface area contributed by atoms with Crippen LogP contribution in [0.5, 0.6) is 0 Å². The maximum atomic E-state index is 13.0. The van der Waals surface area contributed by atoms with E-state index in [4.69, 9.17) is 5.73 Å². The smallest absolute Gasteiger partial charge is 0.180 e. The van der Waals surface area contributed by atoms with Gasteiger partial charge in [0.05, 0.1) is 4.88 Å². The van der Waals surface area contributed by atoms with Crippen molar-refractivity contribution in [3.05, 3.63) is 35.8 Å². The van der Waals surface area contributed by atoms with E-state index in [9.17, 15) is 4.39 Å². The average Bonchev–Trinajstić information content (AvgIpc) is 2.57. The molecule has 1 heterocycles. The fourth-order valence-electron chi connectivity index (χ4n) is 1.22. The number of aromatic nitrogens is 1. The quantitative estimate of drug-likeness (QED) is 0.782. The van der Waals surface area contributed by atoms with E-state index in [2.05, 4.69) is 4.98 Å². The third-order valence-electron chi connectivity index (χ3n) is 1.97. The molecule has 0 atom stereocenters. The van der Waals surface area contributed by atoms with Gasteiger partial charge in [0.15, 0.2) is 5.13 Å². The Kier molecular flexibility index (Phi) is 2.21. The Morgan fingerprint density at radius 3 is 2.79 bits per heavy atom.